The fourth-order valence-electron chi connectivity index (χ4n) is 1.73. The van der Waals surface area contributed by atoms with E-state index < -0.39 is 7.60 Å². The lowest BCUT2D eigenvalue weighted by Crippen LogP contribution is -2.14. The van der Waals surface area contributed by atoms with Crippen LogP contribution in [0.25, 0.3) is 0 Å². The molecule has 0 aromatic rings. The third-order valence-electron chi connectivity index (χ3n) is 2.52. The van der Waals surface area contributed by atoms with Crippen LogP contribution in [0.4, 0.5) is 0 Å². The molecule has 1 atom stereocenters. The van der Waals surface area contributed by atoms with Crippen LogP contribution in [0.2, 0.25) is 0 Å². The number of hydrogen-bond donors (Lipinski definition) is 1. The van der Waals surface area contributed by atoms with Crippen molar-refractivity contribution in [1.29, 1.82) is 0 Å². The quantitative estimate of drug-likeness (QED) is 0.719. The molecule has 0 spiro atoms. The Labute approximate surface area is 80.0 Å². The largest absolute Gasteiger partial charge is 0.331 e. The topological polar surface area (TPSA) is 46.5 Å². The molecule has 78 valence electrons. The first-order valence-electron chi connectivity index (χ1n) is 5.14. The molecule has 1 N–H and O–H groups in total. The Morgan fingerprint density at radius 3 is 2.54 bits per heavy atom. The molecular weight excluding hydrogens is 187 g/mol. The molecule has 3 nitrogen and oxygen atoms in total. The maximum atomic E-state index is 11.7. The van der Waals surface area contributed by atoms with E-state index in [-0.39, 0.29) is 5.66 Å². The minimum absolute atomic E-state index is 0.0900. The Morgan fingerprint density at radius 2 is 2.00 bits per heavy atom. The predicted octanol–water partition coefficient (Wildman–Crippen LogP) is 2.93. The summed E-state index contributed by atoms with van der Waals surface area (Å²) >= 11 is 0. The fourth-order valence-corrected chi connectivity index (χ4v) is 3.41. The standard InChI is InChI=1S/C9H19O3P/c1-2-8-12-13(10,11)9-6-4-3-5-7-9/h9H,2-8H2,1H3,(H,10,11). The second-order valence-corrected chi connectivity index (χ2v) is 5.81. The highest BCUT2D eigenvalue weighted by atomic mass is 31.2. The molecule has 1 fully saturated rings. The minimum atomic E-state index is -3.28. The van der Waals surface area contributed by atoms with E-state index >= 15 is 0 Å². The van der Waals surface area contributed by atoms with Gasteiger partial charge < -0.3 is 9.42 Å². The van der Waals surface area contributed by atoms with Crippen LogP contribution in [0.5, 0.6) is 0 Å². The normalized spacial score (nSPS) is 24.2. The van der Waals surface area contributed by atoms with Crippen molar-refractivity contribution in [2.24, 2.45) is 0 Å². The molecule has 0 heterocycles. The highest BCUT2D eigenvalue weighted by Crippen LogP contribution is 2.52. The summed E-state index contributed by atoms with van der Waals surface area (Å²) < 4.78 is 16.7. The number of rotatable bonds is 4. The maximum Gasteiger partial charge on any atom is 0.331 e. The van der Waals surface area contributed by atoms with Crippen LogP contribution in [0, 0.1) is 0 Å². The van der Waals surface area contributed by atoms with Crippen molar-refractivity contribution in [2.45, 2.75) is 51.1 Å². The zero-order valence-corrected chi connectivity index (χ0v) is 9.13. The van der Waals surface area contributed by atoms with Crippen molar-refractivity contribution in [1.82, 2.24) is 0 Å². The van der Waals surface area contributed by atoms with Crippen molar-refractivity contribution >= 4 is 7.60 Å². The van der Waals surface area contributed by atoms with Gasteiger partial charge in [0.2, 0.25) is 0 Å². The number of hydrogen-bond acceptors (Lipinski definition) is 2. The van der Waals surface area contributed by atoms with Gasteiger partial charge in [-0.15, -0.1) is 0 Å². The summed E-state index contributed by atoms with van der Waals surface area (Å²) in [6.07, 6.45) is 5.87. The molecule has 1 aliphatic carbocycles. The molecule has 0 radical (unpaired) electrons. The van der Waals surface area contributed by atoms with E-state index in [4.69, 9.17) is 4.52 Å². The molecule has 0 amide bonds. The molecule has 1 unspecified atom stereocenters. The smallest absolute Gasteiger partial charge is 0.324 e. The molecule has 13 heavy (non-hydrogen) atoms. The van der Waals surface area contributed by atoms with Gasteiger partial charge in [0, 0.05) is 0 Å². The second-order valence-electron chi connectivity index (χ2n) is 3.69. The monoisotopic (exact) mass is 206 g/mol. The van der Waals surface area contributed by atoms with Gasteiger partial charge in [0.1, 0.15) is 0 Å². The van der Waals surface area contributed by atoms with Crippen LogP contribution in [0.1, 0.15) is 45.4 Å². The van der Waals surface area contributed by atoms with Crippen molar-refractivity contribution in [3.8, 4) is 0 Å². The minimum Gasteiger partial charge on any atom is -0.324 e. The van der Waals surface area contributed by atoms with Crippen molar-refractivity contribution < 1.29 is 14.0 Å². The second kappa shape index (κ2) is 5.14. The van der Waals surface area contributed by atoms with Gasteiger partial charge in [-0.25, -0.2) is 0 Å². The van der Waals surface area contributed by atoms with E-state index in [9.17, 15) is 9.46 Å². The fraction of sp³-hybridized carbons (Fsp3) is 1.00. The van der Waals surface area contributed by atoms with Gasteiger partial charge in [0.05, 0.1) is 12.3 Å². The summed E-state index contributed by atoms with van der Waals surface area (Å²) in [7, 11) is -3.28. The lowest BCUT2D eigenvalue weighted by molar-refractivity contribution is 0.243. The molecule has 1 rings (SSSR count). The van der Waals surface area contributed by atoms with E-state index in [2.05, 4.69) is 0 Å². The zero-order chi connectivity index (χ0) is 9.73. The predicted molar refractivity (Wildman–Crippen MR) is 52.9 cm³/mol. The van der Waals surface area contributed by atoms with Crippen LogP contribution in [0.15, 0.2) is 0 Å². The Bertz CT molecular complexity index is 187. The Morgan fingerprint density at radius 1 is 1.38 bits per heavy atom. The van der Waals surface area contributed by atoms with E-state index in [1.54, 1.807) is 0 Å². The van der Waals surface area contributed by atoms with Gasteiger partial charge in [-0.3, -0.25) is 4.57 Å². The van der Waals surface area contributed by atoms with E-state index in [1.807, 2.05) is 6.92 Å². The molecule has 0 aromatic carbocycles. The van der Waals surface area contributed by atoms with Crippen LogP contribution in [0.3, 0.4) is 0 Å². The highest BCUT2D eigenvalue weighted by Gasteiger charge is 2.32. The summed E-state index contributed by atoms with van der Waals surface area (Å²) in [5.74, 6) is 0. The first-order chi connectivity index (χ1) is 6.17. The van der Waals surface area contributed by atoms with Crippen LogP contribution in [-0.4, -0.2) is 17.2 Å². The average molecular weight is 206 g/mol. The molecule has 1 aliphatic rings. The summed E-state index contributed by atoms with van der Waals surface area (Å²) in [6, 6.07) is 0. The summed E-state index contributed by atoms with van der Waals surface area (Å²) in [5, 5.41) is 0. The summed E-state index contributed by atoms with van der Waals surface area (Å²) in [5.41, 5.74) is -0.0900. The van der Waals surface area contributed by atoms with E-state index in [1.165, 1.54) is 6.42 Å². The van der Waals surface area contributed by atoms with Crippen LogP contribution >= 0.6 is 7.60 Å². The van der Waals surface area contributed by atoms with Gasteiger partial charge in [-0.2, -0.15) is 0 Å². The van der Waals surface area contributed by atoms with Crippen molar-refractivity contribution in [3.63, 3.8) is 0 Å². The first-order valence-corrected chi connectivity index (χ1v) is 6.78. The van der Waals surface area contributed by atoms with Gasteiger partial charge in [0.25, 0.3) is 0 Å². The lowest BCUT2D eigenvalue weighted by Gasteiger charge is -2.25. The van der Waals surface area contributed by atoms with Gasteiger partial charge in [-0.05, 0) is 19.3 Å². The molecule has 0 bridgehead atoms. The van der Waals surface area contributed by atoms with Crippen molar-refractivity contribution in [2.75, 3.05) is 6.61 Å². The van der Waals surface area contributed by atoms with Crippen molar-refractivity contribution in [3.05, 3.63) is 0 Å². The molecule has 0 saturated heterocycles. The molecule has 0 aliphatic heterocycles. The van der Waals surface area contributed by atoms with Crippen LogP contribution in [-0.2, 0) is 9.09 Å². The SMILES string of the molecule is CCCOP(=O)(O)C1CCCCC1. The van der Waals surface area contributed by atoms with Gasteiger partial charge in [0.15, 0.2) is 0 Å². The third-order valence-corrected chi connectivity index (χ3v) is 4.51. The Balaban J connectivity index is 2.41. The lowest BCUT2D eigenvalue weighted by atomic mass is 10.0. The molecule has 0 aromatic heterocycles. The molecular formula is C9H19O3P. The van der Waals surface area contributed by atoms with Crippen LogP contribution < -0.4 is 0 Å². The van der Waals surface area contributed by atoms with Gasteiger partial charge >= 0.3 is 7.60 Å². The van der Waals surface area contributed by atoms with E-state index in [0.29, 0.717) is 6.61 Å². The Hall–Kier alpha value is 0.150. The first kappa shape index (κ1) is 11.2. The van der Waals surface area contributed by atoms with Gasteiger partial charge in [-0.1, -0.05) is 26.2 Å². The average Bonchev–Trinajstić information content (AvgIpc) is 2.16. The summed E-state index contributed by atoms with van der Waals surface area (Å²) in [4.78, 5) is 9.60. The maximum absolute atomic E-state index is 11.7. The summed E-state index contributed by atoms with van der Waals surface area (Å²) in [6.45, 7) is 2.35. The van der Waals surface area contributed by atoms with E-state index in [0.717, 1.165) is 32.1 Å². The third kappa shape index (κ3) is 3.41. The Kier molecular flexibility index (Phi) is 4.43. The molecule has 1 saturated carbocycles. The molecule has 4 heteroatoms. The highest BCUT2D eigenvalue weighted by molar-refractivity contribution is 7.53. The zero-order valence-electron chi connectivity index (χ0n) is 8.24.